The third-order valence-electron chi connectivity index (χ3n) is 3.72. The molecule has 7 heteroatoms. The normalized spacial score (nSPS) is 11.8. The predicted molar refractivity (Wildman–Crippen MR) is 103 cm³/mol. The summed E-state index contributed by atoms with van der Waals surface area (Å²) in [6.07, 6.45) is 3.40. The quantitative estimate of drug-likeness (QED) is 0.356. The SMILES string of the molecule is C=CCn1c(S[C@H](CCC)C(=O)OCC)nnc1-c1ccc(OC)cc1. The number of hydrogen-bond acceptors (Lipinski definition) is 6. The van der Waals surface area contributed by atoms with Gasteiger partial charge in [-0.05, 0) is 37.6 Å². The first-order chi connectivity index (χ1) is 12.6. The van der Waals surface area contributed by atoms with Crippen molar-refractivity contribution in [3.63, 3.8) is 0 Å². The van der Waals surface area contributed by atoms with E-state index in [1.165, 1.54) is 11.8 Å². The summed E-state index contributed by atoms with van der Waals surface area (Å²) >= 11 is 1.39. The maximum absolute atomic E-state index is 12.2. The lowest BCUT2D eigenvalue weighted by Crippen LogP contribution is -2.21. The van der Waals surface area contributed by atoms with E-state index in [2.05, 4.69) is 16.8 Å². The number of allylic oxidation sites excluding steroid dienone is 1. The number of esters is 1. The summed E-state index contributed by atoms with van der Waals surface area (Å²) in [7, 11) is 1.63. The third kappa shape index (κ3) is 4.88. The fraction of sp³-hybridized carbons (Fsp3) is 0.421. The largest absolute Gasteiger partial charge is 0.497 e. The number of rotatable bonds is 10. The van der Waals surface area contributed by atoms with E-state index in [0.717, 1.165) is 30.0 Å². The first-order valence-electron chi connectivity index (χ1n) is 8.66. The van der Waals surface area contributed by atoms with Crippen molar-refractivity contribution in [3.05, 3.63) is 36.9 Å². The highest BCUT2D eigenvalue weighted by atomic mass is 32.2. The van der Waals surface area contributed by atoms with Gasteiger partial charge in [0.2, 0.25) is 0 Å². The third-order valence-corrected chi connectivity index (χ3v) is 4.95. The fourth-order valence-electron chi connectivity index (χ4n) is 2.47. The second-order valence-electron chi connectivity index (χ2n) is 5.58. The Labute approximate surface area is 158 Å². The number of benzene rings is 1. The number of carbonyl (C=O) groups excluding carboxylic acids is 1. The Morgan fingerprint density at radius 2 is 2.04 bits per heavy atom. The van der Waals surface area contributed by atoms with E-state index in [9.17, 15) is 4.79 Å². The average Bonchev–Trinajstić information content (AvgIpc) is 3.04. The van der Waals surface area contributed by atoms with Crippen LogP contribution in [0.2, 0.25) is 0 Å². The van der Waals surface area contributed by atoms with Crippen molar-refractivity contribution >= 4 is 17.7 Å². The first-order valence-corrected chi connectivity index (χ1v) is 9.54. The highest BCUT2D eigenvalue weighted by Gasteiger charge is 2.24. The van der Waals surface area contributed by atoms with Gasteiger partial charge in [0.05, 0.1) is 13.7 Å². The van der Waals surface area contributed by atoms with Crippen LogP contribution in [0.4, 0.5) is 0 Å². The molecule has 1 aromatic carbocycles. The van der Waals surface area contributed by atoms with Crippen molar-refractivity contribution in [2.24, 2.45) is 0 Å². The van der Waals surface area contributed by atoms with Crippen molar-refractivity contribution in [2.75, 3.05) is 13.7 Å². The molecule has 0 bridgehead atoms. The highest BCUT2D eigenvalue weighted by molar-refractivity contribution is 8.00. The fourth-order valence-corrected chi connectivity index (χ4v) is 3.62. The molecular weight excluding hydrogens is 350 g/mol. The van der Waals surface area contributed by atoms with E-state index >= 15 is 0 Å². The van der Waals surface area contributed by atoms with Gasteiger partial charge in [0.15, 0.2) is 11.0 Å². The van der Waals surface area contributed by atoms with Crippen molar-refractivity contribution in [1.29, 1.82) is 0 Å². The highest BCUT2D eigenvalue weighted by Crippen LogP contribution is 2.30. The summed E-state index contributed by atoms with van der Waals surface area (Å²) in [5.74, 6) is 1.30. The van der Waals surface area contributed by atoms with Gasteiger partial charge < -0.3 is 9.47 Å². The molecular formula is C19H25N3O3S. The van der Waals surface area contributed by atoms with Crippen LogP contribution in [0, 0.1) is 0 Å². The minimum absolute atomic E-state index is 0.210. The van der Waals surface area contributed by atoms with E-state index < -0.39 is 0 Å². The lowest BCUT2D eigenvalue weighted by atomic mass is 10.2. The Balaban J connectivity index is 2.31. The summed E-state index contributed by atoms with van der Waals surface area (Å²) in [5.41, 5.74) is 0.926. The maximum atomic E-state index is 12.2. The van der Waals surface area contributed by atoms with Gasteiger partial charge in [-0.25, -0.2) is 0 Å². The van der Waals surface area contributed by atoms with Crippen LogP contribution in [0.25, 0.3) is 11.4 Å². The van der Waals surface area contributed by atoms with Gasteiger partial charge in [-0.1, -0.05) is 31.2 Å². The Morgan fingerprint density at radius 1 is 1.31 bits per heavy atom. The average molecular weight is 375 g/mol. The number of nitrogens with zero attached hydrogens (tertiary/aromatic N) is 3. The topological polar surface area (TPSA) is 66.2 Å². The minimum Gasteiger partial charge on any atom is -0.497 e. The van der Waals surface area contributed by atoms with Crippen molar-refractivity contribution in [3.8, 4) is 17.1 Å². The zero-order valence-electron chi connectivity index (χ0n) is 15.5. The molecule has 0 aliphatic carbocycles. The van der Waals surface area contributed by atoms with Gasteiger partial charge in [-0.3, -0.25) is 9.36 Å². The van der Waals surface area contributed by atoms with Crippen LogP contribution >= 0.6 is 11.8 Å². The lowest BCUT2D eigenvalue weighted by Gasteiger charge is -2.14. The van der Waals surface area contributed by atoms with Gasteiger partial charge in [0, 0.05) is 12.1 Å². The molecule has 6 nitrogen and oxygen atoms in total. The van der Waals surface area contributed by atoms with E-state index in [0.29, 0.717) is 18.3 Å². The second-order valence-corrected chi connectivity index (χ2v) is 6.75. The van der Waals surface area contributed by atoms with Gasteiger partial charge in [-0.15, -0.1) is 16.8 Å². The molecule has 0 saturated heterocycles. The Morgan fingerprint density at radius 3 is 2.62 bits per heavy atom. The minimum atomic E-state index is -0.295. The van der Waals surface area contributed by atoms with E-state index in [1.54, 1.807) is 13.2 Å². The molecule has 0 amide bonds. The molecule has 0 radical (unpaired) electrons. The monoisotopic (exact) mass is 375 g/mol. The van der Waals surface area contributed by atoms with Gasteiger partial charge in [0.25, 0.3) is 0 Å². The number of hydrogen-bond donors (Lipinski definition) is 0. The Bertz CT molecular complexity index is 728. The molecule has 0 unspecified atom stereocenters. The summed E-state index contributed by atoms with van der Waals surface area (Å²) in [6.45, 7) is 8.61. The van der Waals surface area contributed by atoms with E-state index in [4.69, 9.17) is 9.47 Å². The van der Waals surface area contributed by atoms with Crippen molar-refractivity contribution < 1.29 is 14.3 Å². The maximum Gasteiger partial charge on any atom is 0.319 e. The van der Waals surface area contributed by atoms with Crippen molar-refractivity contribution in [2.45, 2.75) is 43.6 Å². The molecule has 1 heterocycles. The smallest absolute Gasteiger partial charge is 0.319 e. The molecule has 0 aliphatic heterocycles. The molecule has 2 rings (SSSR count). The zero-order chi connectivity index (χ0) is 18.9. The molecule has 26 heavy (non-hydrogen) atoms. The van der Waals surface area contributed by atoms with Crippen molar-refractivity contribution in [1.82, 2.24) is 14.8 Å². The Kier molecular flexibility index (Phi) is 7.72. The van der Waals surface area contributed by atoms with E-state index in [1.807, 2.05) is 42.7 Å². The summed E-state index contributed by atoms with van der Waals surface area (Å²) < 4.78 is 12.4. The number of methoxy groups -OCH3 is 1. The summed E-state index contributed by atoms with van der Waals surface area (Å²) in [4.78, 5) is 12.2. The number of thioether (sulfide) groups is 1. The predicted octanol–water partition coefficient (Wildman–Crippen LogP) is 3.96. The van der Waals surface area contributed by atoms with Crippen LogP contribution < -0.4 is 4.74 Å². The van der Waals surface area contributed by atoms with Gasteiger partial charge in [0.1, 0.15) is 11.0 Å². The number of aromatic nitrogens is 3. The lowest BCUT2D eigenvalue weighted by molar-refractivity contribution is -0.142. The molecule has 140 valence electrons. The Hall–Kier alpha value is -2.28. The number of carbonyl (C=O) groups is 1. The van der Waals surface area contributed by atoms with E-state index in [-0.39, 0.29) is 11.2 Å². The molecule has 0 saturated carbocycles. The number of ether oxygens (including phenoxy) is 2. The molecule has 0 aliphatic rings. The van der Waals surface area contributed by atoms with Crippen LogP contribution in [0.3, 0.4) is 0 Å². The van der Waals surface area contributed by atoms with Crippen LogP contribution in [0.5, 0.6) is 5.75 Å². The van der Waals surface area contributed by atoms with Crippen LogP contribution in [0.15, 0.2) is 42.1 Å². The summed E-state index contributed by atoms with van der Waals surface area (Å²) in [6, 6.07) is 7.64. The molecule has 1 atom stereocenters. The molecule has 1 aromatic heterocycles. The van der Waals surface area contributed by atoms with Crippen LogP contribution in [-0.2, 0) is 16.1 Å². The van der Waals surface area contributed by atoms with Gasteiger partial charge >= 0.3 is 5.97 Å². The molecule has 2 aromatic rings. The second kappa shape index (κ2) is 10.0. The molecule has 0 spiro atoms. The first kappa shape index (κ1) is 20.0. The van der Waals surface area contributed by atoms with Crippen LogP contribution in [-0.4, -0.2) is 39.7 Å². The zero-order valence-corrected chi connectivity index (χ0v) is 16.3. The molecule has 0 N–H and O–H groups in total. The van der Waals surface area contributed by atoms with Gasteiger partial charge in [-0.2, -0.15) is 0 Å². The molecule has 0 fully saturated rings. The standard InChI is InChI=1S/C19H25N3O3S/c1-5-8-16(18(23)25-7-3)26-19-21-20-17(22(19)13-6-2)14-9-11-15(24-4)12-10-14/h6,9-12,16H,2,5,7-8,13H2,1,3-4H3/t16-/m1/s1. The summed E-state index contributed by atoms with van der Waals surface area (Å²) in [5, 5.41) is 9.03. The van der Waals surface area contributed by atoms with Crippen LogP contribution in [0.1, 0.15) is 26.7 Å².